The van der Waals surface area contributed by atoms with E-state index in [4.69, 9.17) is 9.84 Å². The van der Waals surface area contributed by atoms with Crippen molar-refractivity contribution in [2.45, 2.75) is 45.0 Å². The van der Waals surface area contributed by atoms with Crippen LogP contribution in [0.5, 0.6) is 0 Å². The highest BCUT2D eigenvalue weighted by atomic mass is 19.4. The lowest BCUT2D eigenvalue weighted by atomic mass is 10.1. The highest BCUT2D eigenvalue weighted by Gasteiger charge is 2.49. The summed E-state index contributed by atoms with van der Waals surface area (Å²) in [5, 5.41) is 9.05. The van der Waals surface area contributed by atoms with E-state index in [1.807, 2.05) is 0 Å². The molecule has 1 amide bonds. The van der Waals surface area contributed by atoms with Gasteiger partial charge in [-0.15, -0.1) is 0 Å². The normalized spacial score (nSPS) is 25.4. The molecule has 0 aromatic heterocycles. The van der Waals surface area contributed by atoms with Crippen molar-refractivity contribution in [1.29, 1.82) is 0 Å². The standard InChI is InChI=1S/C11H18F3NO3/c1-10(2,3)18-9(17)15-5-7(11(12,13)14)4-8(15)6-16/h7-8,16H,4-6H2,1-3H3/t7-,8+/m0/s1. The molecule has 1 rings (SSSR count). The van der Waals surface area contributed by atoms with Crippen LogP contribution < -0.4 is 0 Å². The maximum Gasteiger partial charge on any atom is 0.410 e. The lowest BCUT2D eigenvalue weighted by Gasteiger charge is -2.27. The molecular formula is C11H18F3NO3. The maximum absolute atomic E-state index is 12.6. The van der Waals surface area contributed by atoms with Gasteiger partial charge < -0.3 is 14.7 Å². The van der Waals surface area contributed by atoms with Gasteiger partial charge in [0.1, 0.15) is 5.60 Å². The largest absolute Gasteiger partial charge is 0.444 e. The second-order valence-corrected chi connectivity index (χ2v) is 5.44. The van der Waals surface area contributed by atoms with Gasteiger partial charge in [-0.3, -0.25) is 0 Å². The van der Waals surface area contributed by atoms with Crippen molar-refractivity contribution in [3.63, 3.8) is 0 Å². The summed E-state index contributed by atoms with van der Waals surface area (Å²) < 4.78 is 42.8. The van der Waals surface area contributed by atoms with Crippen LogP contribution in [0.1, 0.15) is 27.2 Å². The second-order valence-electron chi connectivity index (χ2n) is 5.44. The Hall–Kier alpha value is -0.980. The van der Waals surface area contributed by atoms with Gasteiger partial charge in [0.25, 0.3) is 0 Å². The average molecular weight is 269 g/mol. The van der Waals surface area contributed by atoms with E-state index < -0.39 is 43.0 Å². The molecule has 0 aliphatic carbocycles. The molecule has 1 saturated heterocycles. The van der Waals surface area contributed by atoms with Crippen LogP contribution >= 0.6 is 0 Å². The average Bonchev–Trinajstić information content (AvgIpc) is 2.57. The molecule has 1 N–H and O–H groups in total. The van der Waals surface area contributed by atoms with Crippen LogP contribution in [0, 0.1) is 5.92 Å². The SMILES string of the molecule is CC(C)(C)OC(=O)N1C[C@@H](C(F)(F)F)C[C@@H]1CO. The van der Waals surface area contributed by atoms with E-state index in [9.17, 15) is 18.0 Å². The van der Waals surface area contributed by atoms with Crippen molar-refractivity contribution in [3.8, 4) is 0 Å². The van der Waals surface area contributed by atoms with Gasteiger partial charge in [-0.1, -0.05) is 0 Å². The number of nitrogens with zero attached hydrogens (tertiary/aromatic N) is 1. The number of hydrogen-bond acceptors (Lipinski definition) is 3. The number of halogens is 3. The number of carbonyl (C=O) groups excluding carboxylic acids is 1. The number of alkyl halides is 3. The third-order valence-electron chi connectivity index (χ3n) is 2.72. The van der Waals surface area contributed by atoms with E-state index >= 15 is 0 Å². The minimum Gasteiger partial charge on any atom is -0.444 e. The zero-order valence-electron chi connectivity index (χ0n) is 10.6. The third kappa shape index (κ3) is 3.76. The summed E-state index contributed by atoms with van der Waals surface area (Å²) in [5.74, 6) is -1.60. The van der Waals surface area contributed by atoms with E-state index in [0.717, 1.165) is 4.90 Å². The number of aliphatic hydroxyl groups is 1. The molecule has 0 aromatic rings. The van der Waals surface area contributed by atoms with Gasteiger partial charge in [0.2, 0.25) is 0 Å². The molecule has 2 atom stereocenters. The highest BCUT2D eigenvalue weighted by molar-refractivity contribution is 5.69. The Morgan fingerprint density at radius 3 is 2.33 bits per heavy atom. The number of rotatable bonds is 1. The first-order valence-corrected chi connectivity index (χ1v) is 5.72. The Kier molecular flexibility index (Phi) is 4.15. The van der Waals surface area contributed by atoms with E-state index in [-0.39, 0.29) is 6.42 Å². The first-order chi connectivity index (χ1) is 8.04. The number of aliphatic hydroxyl groups excluding tert-OH is 1. The number of amides is 1. The fraction of sp³-hybridized carbons (Fsp3) is 0.909. The fourth-order valence-electron chi connectivity index (χ4n) is 1.87. The number of ether oxygens (including phenoxy) is 1. The summed E-state index contributed by atoms with van der Waals surface area (Å²) >= 11 is 0. The molecule has 1 heterocycles. The molecule has 1 aliphatic heterocycles. The molecular weight excluding hydrogens is 251 g/mol. The Bertz CT molecular complexity index is 312. The van der Waals surface area contributed by atoms with Crippen molar-refractivity contribution in [1.82, 2.24) is 4.90 Å². The summed E-state index contributed by atoms with van der Waals surface area (Å²) in [6, 6.07) is -0.827. The lowest BCUT2D eigenvalue weighted by Crippen LogP contribution is -2.41. The molecule has 0 radical (unpaired) electrons. The molecule has 0 saturated carbocycles. The van der Waals surface area contributed by atoms with E-state index in [1.54, 1.807) is 20.8 Å². The molecule has 4 nitrogen and oxygen atoms in total. The molecule has 1 aliphatic rings. The van der Waals surface area contributed by atoms with Crippen LogP contribution in [0.25, 0.3) is 0 Å². The monoisotopic (exact) mass is 269 g/mol. The van der Waals surface area contributed by atoms with Crippen LogP contribution in [0.15, 0.2) is 0 Å². The van der Waals surface area contributed by atoms with E-state index in [2.05, 4.69) is 0 Å². The molecule has 0 aromatic carbocycles. The Labute approximate surface area is 104 Å². The van der Waals surface area contributed by atoms with Gasteiger partial charge in [0.05, 0.1) is 18.6 Å². The molecule has 0 unspecified atom stereocenters. The minimum absolute atomic E-state index is 0.279. The van der Waals surface area contributed by atoms with Gasteiger partial charge in [0, 0.05) is 6.54 Å². The van der Waals surface area contributed by atoms with Crippen molar-refractivity contribution in [3.05, 3.63) is 0 Å². The predicted molar refractivity (Wildman–Crippen MR) is 58.0 cm³/mol. The van der Waals surface area contributed by atoms with Crippen LogP contribution in [-0.2, 0) is 4.74 Å². The van der Waals surface area contributed by atoms with Crippen molar-refractivity contribution in [2.24, 2.45) is 5.92 Å². The Morgan fingerprint density at radius 1 is 1.39 bits per heavy atom. The molecule has 106 valence electrons. The smallest absolute Gasteiger partial charge is 0.410 e. The molecule has 7 heteroatoms. The highest BCUT2D eigenvalue weighted by Crippen LogP contribution is 2.36. The summed E-state index contributed by atoms with van der Waals surface area (Å²) in [6.45, 7) is 3.96. The van der Waals surface area contributed by atoms with Gasteiger partial charge in [-0.05, 0) is 27.2 Å². The van der Waals surface area contributed by atoms with E-state index in [1.165, 1.54) is 0 Å². The Balaban J connectivity index is 2.73. The minimum atomic E-state index is -4.36. The predicted octanol–water partition coefficient (Wildman–Crippen LogP) is 2.17. The van der Waals surface area contributed by atoms with Crippen molar-refractivity contribution < 1.29 is 27.8 Å². The lowest BCUT2D eigenvalue weighted by molar-refractivity contribution is -0.170. The molecule has 1 fully saturated rings. The molecule has 0 spiro atoms. The summed E-state index contributed by atoms with van der Waals surface area (Å²) in [7, 11) is 0. The topological polar surface area (TPSA) is 49.8 Å². The van der Waals surface area contributed by atoms with Gasteiger partial charge in [-0.2, -0.15) is 13.2 Å². The summed E-state index contributed by atoms with van der Waals surface area (Å²) in [4.78, 5) is 12.7. The summed E-state index contributed by atoms with van der Waals surface area (Å²) in [5.41, 5.74) is -0.770. The van der Waals surface area contributed by atoms with Gasteiger partial charge >= 0.3 is 12.3 Å². The Morgan fingerprint density at radius 2 is 1.94 bits per heavy atom. The van der Waals surface area contributed by atoms with Crippen LogP contribution in [0.2, 0.25) is 0 Å². The van der Waals surface area contributed by atoms with Gasteiger partial charge in [0.15, 0.2) is 0 Å². The number of hydrogen-bond donors (Lipinski definition) is 1. The second kappa shape index (κ2) is 4.95. The maximum atomic E-state index is 12.6. The number of carbonyl (C=O) groups is 1. The molecule has 18 heavy (non-hydrogen) atoms. The van der Waals surface area contributed by atoms with E-state index in [0.29, 0.717) is 0 Å². The first kappa shape index (κ1) is 15.1. The van der Waals surface area contributed by atoms with Crippen LogP contribution in [0.3, 0.4) is 0 Å². The summed E-state index contributed by atoms with van der Waals surface area (Å²) in [6.07, 6.45) is -5.45. The third-order valence-corrected chi connectivity index (χ3v) is 2.72. The zero-order chi connectivity index (χ0) is 14.1. The van der Waals surface area contributed by atoms with Gasteiger partial charge in [-0.25, -0.2) is 4.79 Å². The number of likely N-dealkylation sites (tertiary alicyclic amines) is 1. The molecule has 0 bridgehead atoms. The first-order valence-electron chi connectivity index (χ1n) is 5.72. The van der Waals surface area contributed by atoms with Crippen molar-refractivity contribution >= 4 is 6.09 Å². The zero-order valence-corrected chi connectivity index (χ0v) is 10.6. The van der Waals surface area contributed by atoms with Crippen LogP contribution in [-0.4, -0.2) is 47.1 Å². The fourth-order valence-corrected chi connectivity index (χ4v) is 1.87. The van der Waals surface area contributed by atoms with Crippen LogP contribution in [0.4, 0.5) is 18.0 Å². The quantitative estimate of drug-likeness (QED) is 0.793. The van der Waals surface area contributed by atoms with Crippen molar-refractivity contribution in [2.75, 3.05) is 13.2 Å².